The fraction of sp³-hybridized carbons (Fsp3) is 0.368. The molecule has 3 rings (SSSR count). The Morgan fingerprint density at radius 2 is 2.08 bits per heavy atom. The smallest absolute Gasteiger partial charge is 0.239 e. The van der Waals surface area contributed by atoms with E-state index in [1.54, 1.807) is 11.3 Å². The van der Waals surface area contributed by atoms with E-state index in [1.807, 2.05) is 26.0 Å². The lowest BCUT2D eigenvalue weighted by molar-refractivity contribution is -0.121. The van der Waals surface area contributed by atoms with Crippen molar-refractivity contribution in [3.05, 3.63) is 50.5 Å². The van der Waals surface area contributed by atoms with Gasteiger partial charge < -0.3 is 9.88 Å². The largest absolute Gasteiger partial charge is 0.355 e. The molecule has 0 fully saturated rings. The summed E-state index contributed by atoms with van der Waals surface area (Å²) in [4.78, 5) is 16.8. The van der Waals surface area contributed by atoms with Gasteiger partial charge >= 0.3 is 0 Å². The summed E-state index contributed by atoms with van der Waals surface area (Å²) < 4.78 is 3.13. The molecule has 1 aromatic carbocycles. The van der Waals surface area contributed by atoms with Crippen LogP contribution in [-0.4, -0.2) is 22.0 Å². The van der Waals surface area contributed by atoms with Gasteiger partial charge in [0.2, 0.25) is 5.91 Å². The fourth-order valence-electron chi connectivity index (χ4n) is 2.94. The van der Waals surface area contributed by atoms with E-state index in [2.05, 4.69) is 48.3 Å². The molecule has 6 heteroatoms. The lowest BCUT2D eigenvalue weighted by Crippen LogP contribution is -2.28. The molecule has 0 radical (unpaired) electrons. The zero-order chi connectivity index (χ0) is 17.8. The maximum Gasteiger partial charge on any atom is 0.239 e. The predicted molar refractivity (Wildman–Crippen MR) is 107 cm³/mol. The van der Waals surface area contributed by atoms with Crippen molar-refractivity contribution < 1.29 is 4.79 Å². The highest BCUT2D eigenvalue weighted by Gasteiger charge is 2.13. The third-order valence-electron chi connectivity index (χ3n) is 4.26. The summed E-state index contributed by atoms with van der Waals surface area (Å²) >= 11 is 5.35. The Hall–Kier alpha value is -1.66. The number of rotatable bonds is 7. The average molecular weight is 420 g/mol. The zero-order valence-electron chi connectivity index (χ0n) is 14.5. The first-order valence-electron chi connectivity index (χ1n) is 8.47. The summed E-state index contributed by atoms with van der Waals surface area (Å²) in [6, 6.07) is 8.14. The van der Waals surface area contributed by atoms with E-state index >= 15 is 0 Å². The molecule has 3 aromatic rings. The third-order valence-corrected chi connectivity index (χ3v) is 6.29. The fourth-order valence-corrected chi connectivity index (χ4v) is 4.31. The summed E-state index contributed by atoms with van der Waals surface area (Å²) in [5, 5.41) is 7.44. The highest BCUT2D eigenvalue weighted by Crippen LogP contribution is 2.30. The molecule has 0 saturated heterocycles. The van der Waals surface area contributed by atoms with Crippen molar-refractivity contribution in [3.63, 3.8) is 0 Å². The number of hydrogen-bond donors (Lipinski definition) is 1. The third kappa shape index (κ3) is 4.30. The first-order chi connectivity index (χ1) is 12.1. The van der Waals surface area contributed by atoms with E-state index in [0.29, 0.717) is 13.1 Å². The number of nitrogens with one attached hydrogen (secondary N) is 1. The minimum atomic E-state index is 0.0569. The minimum Gasteiger partial charge on any atom is -0.355 e. The lowest BCUT2D eigenvalue weighted by atomic mass is 10.2. The van der Waals surface area contributed by atoms with Gasteiger partial charge in [-0.3, -0.25) is 4.79 Å². The van der Waals surface area contributed by atoms with Crippen molar-refractivity contribution >= 4 is 44.1 Å². The number of hydrogen-bond acceptors (Lipinski definition) is 3. The molecule has 0 saturated carbocycles. The number of nitrogens with zero attached hydrogens (tertiary/aromatic N) is 2. The van der Waals surface area contributed by atoms with Crippen LogP contribution in [0.1, 0.15) is 29.2 Å². The van der Waals surface area contributed by atoms with E-state index < -0.39 is 0 Å². The van der Waals surface area contributed by atoms with E-state index in [4.69, 9.17) is 0 Å². The molecular formula is C19H22BrN3OS. The van der Waals surface area contributed by atoms with Gasteiger partial charge in [0.25, 0.3) is 0 Å². The zero-order valence-corrected chi connectivity index (χ0v) is 16.9. The number of benzene rings is 1. The van der Waals surface area contributed by atoms with E-state index in [-0.39, 0.29) is 5.91 Å². The second-order valence-electron chi connectivity index (χ2n) is 6.19. The summed E-state index contributed by atoms with van der Waals surface area (Å²) in [7, 11) is 0. The predicted octanol–water partition coefficient (Wildman–Crippen LogP) is 4.62. The van der Waals surface area contributed by atoms with Gasteiger partial charge in [0, 0.05) is 38.7 Å². The summed E-state index contributed by atoms with van der Waals surface area (Å²) in [5.41, 5.74) is 3.26. The van der Waals surface area contributed by atoms with Crippen molar-refractivity contribution in [1.29, 1.82) is 0 Å². The monoisotopic (exact) mass is 419 g/mol. The molecule has 2 heterocycles. The van der Waals surface area contributed by atoms with Crippen LogP contribution in [0, 0.1) is 13.8 Å². The number of aromatic nitrogens is 2. The highest BCUT2D eigenvalue weighted by molar-refractivity contribution is 9.10. The molecule has 25 heavy (non-hydrogen) atoms. The van der Waals surface area contributed by atoms with Gasteiger partial charge in [-0.25, -0.2) is 4.98 Å². The Kier molecular flexibility index (Phi) is 5.91. The Balaban J connectivity index is 1.49. The molecule has 0 aliphatic heterocycles. The van der Waals surface area contributed by atoms with Gasteiger partial charge in [-0.15, -0.1) is 11.3 Å². The molecule has 0 aliphatic carbocycles. The van der Waals surface area contributed by atoms with Gasteiger partial charge in [-0.2, -0.15) is 0 Å². The van der Waals surface area contributed by atoms with Gasteiger partial charge in [0.05, 0.1) is 5.01 Å². The molecule has 0 unspecified atom stereocenters. The number of thiazole rings is 1. The van der Waals surface area contributed by atoms with Crippen LogP contribution in [0.4, 0.5) is 0 Å². The van der Waals surface area contributed by atoms with E-state index in [0.717, 1.165) is 46.0 Å². The van der Waals surface area contributed by atoms with Crippen LogP contribution in [0.5, 0.6) is 0 Å². The summed E-state index contributed by atoms with van der Waals surface area (Å²) in [5.74, 6) is 0.0569. The number of carbonyl (C=O) groups excluding carboxylic acids is 1. The van der Waals surface area contributed by atoms with Crippen LogP contribution in [0.2, 0.25) is 0 Å². The van der Waals surface area contributed by atoms with Crippen LogP contribution < -0.4 is 5.32 Å². The second-order valence-corrected chi connectivity index (χ2v) is 7.93. The number of unbranched alkanes of at least 4 members (excludes halogenated alkanes) is 1. The van der Waals surface area contributed by atoms with Crippen molar-refractivity contribution in [3.8, 4) is 0 Å². The highest BCUT2D eigenvalue weighted by atomic mass is 79.9. The molecule has 0 atom stereocenters. The molecule has 2 aromatic heterocycles. The molecule has 1 amide bonds. The quantitative estimate of drug-likeness (QED) is 0.568. The summed E-state index contributed by atoms with van der Waals surface area (Å²) in [6.07, 6.45) is 3.01. The van der Waals surface area contributed by atoms with Crippen LogP contribution in [-0.2, 0) is 17.8 Å². The molecular weight excluding hydrogens is 398 g/mol. The molecule has 132 valence electrons. The molecule has 0 aliphatic rings. The summed E-state index contributed by atoms with van der Waals surface area (Å²) in [6.45, 7) is 5.12. The Morgan fingerprint density at radius 3 is 2.84 bits per heavy atom. The Bertz CT molecular complexity index is 884. The van der Waals surface area contributed by atoms with Gasteiger partial charge in [-0.05, 0) is 55.1 Å². The minimum absolute atomic E-state index is 0.0569. The normalized spacial score (nSPS) is 11.2. The van der Waals surface area contributed by atoms with Crippen LogP contribution in [0.3, 0.4) is 0 Å². The van der Waals surface area contributed by atoms with Crippen LogP contribution in [0.25, 0.3) is 10.9 Å². The number of aryl methyl sites for hydroxylation is 2. The Morgan fingerprint density at radius 1 is 1.28 bits per heavy atom. The standard InChI is InChI=1S/C19H22BrN3OS/c1-13-12-25-18(22-13)9-5-6-10-21-17(24)11-23-14(2)19(20)15-7-3-4-8-16(15)23/h3-4,7-8,12H,5-6,9-11H2,1-2H3,(H,21,24). The number of amides is 1. The number of carbonyl (C=O) groups is 1. The van der Waals surface area contributed by atoms with Crippen molar-refractivity contribution in [2.24, 2.45) is 0 Å². The van der Waals surface area contributed by atoms with E-state index in [1.165, 1.54) is 5.01 Å². The maximum atomic E-state index is 12.3. The Labute approximate surface area is 160 Å². The van der Waals surface area contributed by atoms with E-state index in [9.17, 15) is 4.79 Å². The first kappa shape index (κ1) is 18.1. The van der Waals surface area contributed by atoms with Crippen molar-refractivity contribution in [2.45, 2.75) is 39.7 Å². The lowest BCUT2D eigenvalue weighted by Gasteiger charge is -2.09. The van der Waals surface area contributed by atoms with Crippen molar-refractivity contribution in [2.75, 3.05) is 6.54 Å². The molecule has 4 nitrogen and oxygen atoms in total. The van der Waals surface area contributed by atoms with Gasteiger partial charge in [0.15, 0.2) is 0 Å². The first-order valence-corrected chi connectivity index (χ1v) is 10.1. The molecule has 0 spiro atoms. The molecule has 1 N–H and O–H groups in total. The molecule has 0 bridgehead atoms. The second kappa shape index (κ2) is 8.15. The van der Waals surface area contributed by atoms with Gasteiger partial charge in [0.1, 0.15) is 6.54 Å². The SMILES string of the molecule is Cc1csc(CCCCNC(=O)Cn2c(C)c(Br)c3ccccc32)n1. The van der Waals surface area contributed by atoms with Gasteiger partial charge in [-0.1, -0.05) is 18.2 Å². The average Bonchev–Trinajstić information content (AvgIpc) is 3.12. The topological polar surface area (TPSA) is 46.9 Å². The van der Waals surface area contributed by atoms with Crippen molar-refractivity contribution in [1.82, 2.24) is 14.9 Å². The van der Waals surface area contributed by atoms with Crippen LogP contribution in [0.15, 0.2) is 34.1 Å². The number of para-hydroxylation sites is 1. The maximum absolute atomic E-state index is 12.3. The number of halogens is 1. The van der Waals surface area contributed by atoms with Crippen LogP contribution >= 0.6 is 27.3 Å². The number of fused-ring (bicyclic) bond motifs is 1.